The van der Waals surface area contributed by atoms with Gasteiger partial charge in [0.15, 0.2) is 0 Å². The molecule has 1 aliphatic rings. The molecule has 0 amide bonds. The minimum absolute atomic E-state index is 0.140. The Balaban J connectivity index is 2.12. The van der Waals surface area contributed by atoms with Crippen molar-refractivity contribution in [1.82, 2.24) is 0 Å². The highest BCUT2D eigenvalue weighted by Gasteiger charge is 2.26. The summed E-state index contributed by atoms with van der Waals surface area (Å²) >= 11 is 0. The second-order valence-electron chi connectivity index (χ2n) is 9.36. The van der Waals surface area contributed by atoms with Crippen molar-refractivity contribution in [3.05, 3.63) is 82.4 Å². The number of aliphatic imine (C=N–C) groups is 2. The summed E-state index contributed by atoms with van der Waals surface area (Å²) in [5.74, 6) is 0.524. The Morgan fingerprint density at radius 3 is 1.73 bits per heavy atom. The van der Waals surface area contributed by atoms with Crippen LogP contribution in [0.15, 0.2) is 70.2 Å². The van der Waals surface area contributed by atoms with E-state index in [1.807, 2.05) is 14.1 Å². The van der Waals surface area contributed by atoms with Crippen LogP contribution in [0.5, 0.6) is 0 Å². The number of allylic oxidation sites excluding steroid dienone is 4. The first-order chi connectivity index (χ1) is 14.2. The molecule has 0 aliphatic heterocycles. The predicted molar refractivity (Wildman–Crippen MR) is 133 cm³/mol. The van der Waals surface area contributed by atoms with E-state index in [0.717, 1.165) is 17.0 Å². The van der Waals surface area contributed by atoms with Gasteiger partial charge in [0, 0.05) is 25.2 Å². The van der Waals surface area contributed by atoms with E-state index >= 15 is 0 Å². The number of rotatable bonds is 3. The fourth-order valence-corrected chi connectivity index (χ4v) is 4.00. The maximum Gasteiger partial charge on any atom is 0.0910 e. The van der Waals surface area contributed by atoms with Gasteiger partial charge in [-0.25, -0.2) is 0 Å². The highest BCUT2D eigenvalue weighted by Crippen LogP contribution is 2.34. The summed E-state index contributed by atoms with van der Waals surface area (Å²) in [6.45, 7) is 13.3. The predicted octanol–water partition coefficient (Wildman–Crippen LogP) is 7.12. The lowest BCUT2D eigenvalue weighted by molar-refractivity contribution is 0.590. The first kappa shape index (κ1) is 22.0. The Morgan fingerprint density at radius 2 is 1.27 bits per heavy atom. The number of hydrogen-bond donors (Lipinski definition) is 0. The van der Waals surface area contributed by atoms with Gasteiger partial charge < -0.3 is 0 Å². The summed E-state index contributed by atoms with van der Waals surface area (Å²) < 4.78 is 0. The van der Waals surface area contributed by atoms with E-state index in [2.05, 4.69) is 106 Å². The molecule has 0 aromatic heterocycles. The van der Waals surface area contributed by atoms with Gasteiger partial charge in [0.2, 0.25) is 0 Å². The Bertz CT molecular complexity index is 1040. The van der Waals surface area contributed by atoms with Gasteiger partial charge in [-0.05, 0) is 52.2 Å². The average molecular weight is 399 g/mol. The smallest absolute Gasteiger partial charge is 0.0910 e. The first-order valence-electron chi connectivity index (χ1n) is 10.8. The van der Waals surface area contributed by atoms with Gasteiger partial charge in [-0.3, -0.25) is 9.98 Å². The van der Waals surface area contributed by atoms with Crippen molar-refractivity contribution in [3.63, 3.8) is 0 Å². The van der Waals surface area contributed by atoms with Crippen LogP contribution in [0.25, 0.3) is 11.1 Å². The maximum atomic E-state index is 4.69. The van der Waals surface area contributed by atoms with Crippen LogP contribution in [-0.2, 0) is 5.41 Å². The molecular formula is C28H34N2. The van der Waals surface area contributed by atoms with Crippen molar-refractivity contribution >= 4 is 22.6 Å². The SMILES string of the molecule is C/N=C1/C(c2ccc(C(C)C)cc2)=CC(C)=C(c2ccc(C(C)(C)C)cc2)/C1=N/C. The third kappa shape index (κ3) is 4.23. The number of nitrogens with zero attached hydrogens (tertiary/aromatic N) is 2. The molecule has 2 aromatic carbocycles. The van der Waals surface area contributed by atoms with E-state index in [4.69, 9.17) is 0 Å². The molecule has 0 saturated carbocycles. The third-order valence-corrected chi connectivity index (χ3v) is 5.85. The van der Waals surface area contributed by atoms with E-state index in [9.17, 15) is 0 Å². The van der Waals surface area contributed by atoms with Crippen LogP contribution in [0.1, 0.15) is 69.7 Å². The molecule has 2 heteroatoms. The van der Waals surface area contributed by atoms with Crippen LogP contribution >= 0.6 is 0 Å². The largest absolute Gasteiger partial charge is 0.286 e. The topological polar surface area (TPSA) is 24.7 Å². The fraction of sp³-hybridized carbons (Fsp3) is 0.357. The Hall–Kier alpha value is -2.74. The Morgan fingerprint density at radius 1 is 0.733 bits per heavy atom. The van der Waals surface area contributed by atoms with Crippen LogP contribution in [0, 0.1) is 0 Å². The van der Waals surface area contributed by atoms with E-state index in [0.29, 0.717) is 5.92 Å². The van der Waals surface area contributed by atoms with Gasteiger partial charge in [-0.15, -0.1) is 0 Å². The van der Waals surface area contributed by atoms with Crippen LogP contribution in [0.4, 0.5) is 0 Å². The molecule has 3 rings (SSSR count). The second kappa shape index (κ2) is 8.55. The quantitative estimate of drug-likeness (QED) is 0.492. The molecule has 0 fully saturated rings. The van der Waals surface area contributed by atoms with Gasteiger partial charge in [0.05, 0.1) is 11.4 Å². The summed E-state index contributed by atoms with van der Waals surface area (Å²) in [7, 11) is 3.72. The van der Waals surface area contributed by atoms with Crippen molar-refractivity contribution in [1.29, 1.82) is 0 Å². The standard InChI is InChI=1S/C28H34N2/c1-18(2)20-9-11-21(12-10-20)24-17-19(3)25(27(30-8)26(24)29-7)22-13-15-23(16-14-22)28(4,5)6/h9-18H,1-8H3/b29-26-,30-27-. The maximum absolute atomic E-state index is 4.69. The lowest BCUT2D eigenvalue weighted by Crippen LogP contribution is -2.22. The lowest BCUT2D eigenvalue weighted by atomic mass is 9.81. The molecule has 2 aromatic rings. The lowest BCUT2D eigenvalue weighted by Gasteiger charge is -2.24. The van der Waals surface area contributed by atoms with Gasteiger partial charge in [-0.2, -0.15) is 0 Å². The van der Waals surface area contributed by atoms with Gasteiger partial charge in [-0.1, -0.05) is 83.1 Å². The van der Waals surface area contributed by atoms with E-state index in [1.54, 1.807) is 0 Å². The van der Waals surface area contributed by atoms with Crippen molar-refractivity contribution in [2.24, 2.45) is 9.98 Å². The summed E-state index contributed by atoms with van der Waals surface area (Å²) in [6, 6.07) is 17.7. The Labute approximate surface area is 182 Å². The summed E-state index contributed by atoms with van der Waals surface area (Å²) in [6.07, 6.45) is 2.26. The van der Waals surface area contributed by atoms with Gasteiger partial charge in [0.1, 0.15) is 0 Å². The van der Waals surface area contributed by atoms with E-state index in [1.165, 1.54) is 33.4 Å². The molecule has 0 radical (unpaired) electrons. The normalized spacial score (nSPS) is 17.8. The summed E-state index contributed by atoms with van der Waals surface area (Å²) in [5, 5.41) is 0. The fourth-order valence-electron chi connectivity index (χ4n) is 4.00. The van der Waals surface area contributed by atoms with Crippen molar-refractivity contribution in [2.45, 2.75) is 52.9 Å². The van der Waals surface area contributed by atoms with Crippen LogP contribution < -0.4 is 0 Å². The van der Waals surface area contributed by atoms with Crippen molar-refractivity contribution in [3.8, 4) is 0 Å². The molecule has 0 saturated heterocycles. The molecule has 1 aliphatic carbocycles. The zero-order valence-corrected chi connectivity index (χ0v) is 19.7. The first-order valence-corrected chi connectivity index (χ1v) is 10.8. The zero-order valence-electron chi connectivity index (χ0n) is 19.7. The molecule has 0 bridgehead atoms. The minimum atomic E-state index is 0.140. The molecule has 2 nitrogen and oxygen atoms in total. The van der Waals surface area contributed by atoms with Crippen LogP contribution in [0.2, 0.25) is 0 Å². The molecule has 0 unspecified atom stereocenters. The van der Waals surface area contributed by atoms with Gasteiger partial charge >= 0.3 is 0 Å². The van der Waals surface area contributed by atoms with E-state index < -0.39 is 0 Å². The molecule has 0 N–H and O–H groups in total. The third-order valence-electron chi connectivity index (χ3n) is 5.85. The Kier molecular flexibility index (Phi) is 6.26. The second-order valence-corrected chi connectivity index (χ2v) is 9.36. The highest BCUT2D eigenvalue weighted by atomic mass is 14.8. The van der Waals surface area contributed by atoms with Crippen molar-refractivity contribution in [2.75, 3.05) is 14.1 Å². The highest BCUT2D eigenvalue weighted by molar-refractivity contribution is 6.70. The molecule has 0 heterocycles. The van der Waals surface area contributed by atoms with E-state index in [-0.39, 0.29) is 5.41 Å². The zero-order chi connectivity index (χ0) is 22.1. The summed E-state index contributed by atoms with van der Waals surface area (Å²) in [4.78, 5) is 9.35. The number of hydrogen-bond acceptors (Lipinski definition) is 2. The number of benzene rings is 2. The molecule has 30 heavy (non-hydrogen) atoms. The van der Waals surface area contributed by atoms with Crippen LogP contribution in [-0.4, -0.2) is 25.5 Å². The monoisotopic (exact) mass is 398 g/mol. The average Bonchev–Trinajstić information content (AvgIpc) is 2.72. The van der Waals surface area contributed by atoms with Crippen molar-refractivity contribution < 1.29 is 0 Å². The summed E-state index contributed by atoms with van der Waals surface area (Å²) in [5.41, 5.74) is 10.6. The molecular weight excluding hydrogens is 364 g/mol. The van der Waals surface area contributed by atoms with Gasteiger partial charge in [0.25, 0.3) is 0 Å². The molecule has 0 spiro atoms. The molecule has 0 atom stereocenters. The minimum Gasteiger partial charge on any atom is -0.286 e. The molecule has 156 valence electrons. The van der Waals surface area contributed by atoms with Crippen LogP contribution in [0.3, 0.4) is 0 Å².